The minimum Gasteiger partial charge on any atom is -0.314 e. The van der Waals surface area contributed by atoms with Crippen molar-refractivity contribution in [1.29, 1.82) is 0 Å². The van der Waals surface area contributed by atoms with Crippen molar-refractivity contribution in [2.24, 2.45) is 0 Å². The highest BCUT2D eigenvalue weighted by Gasteiger charge is 2.24. The molecule has 1 heterocycles. The number of nitrogens with zero attached hydrogens (tertiary/aromatic N) is 1. The standard InChI is InChI=1S/C14H21FN2/c1-14(2,11-17-9-7-16-8-10-17)12-3-5-13(15)6-4-12/h3-6,16H,7-11H2,1-2H3. The second kappa shape index (κ2) is 5.15. The van der Waals surface area contributed by atoms with Crippen molar-refractivity contribution in [1.82, 2.24) is 10.2 Å². The maximum atomic E-state index is 12.9. The maximum Gasteiger partial charge on any atom is 0.123 e. The number of halogens is 1. The van der Waals surface area contributed by atoms with E-state index in [9.17, 15) is 4.39 Å². The maximum absolute atomic E-state index is 12.9. The molecule has 0 bridgehead atoms. The van der Waals surface area contributed by atoms with E-state index in [1.54, 1.807) is 12.1 Å². The molecule has 94 valence electrons. The van der Waals surface area contributed by atoms with Crippen LogP contribution in [0.15, 0.2) is 24.3 Å². The normalized spacial score (nSPS) is 18.3. The molecule has 0 radical (unpaired) electrons. The first-order valence-electron chi connectivity index (χ1n) is 6.27. The van der Waals surface area contributed by atoms with Crippen molar-refractivity contribution >= 4 is 0 Å². The van der Waals surface area contributed by atoms with Gasteiger partial charge in [-0.1, -0.05) is 26.0 Å². The van der Waals surface area contributed by atoms with E-state index < -0.39 is 0 Å². The Morgan fingerprint density at radius 2 is 1.76 bits per heavy atom. The second-order valence-corrected chi connectivity index (χ2v) is 5.42. The quantitative estimate of drug-likeness (QED) is 0.863. The molecule has 0 amide bonds. The molecule has 3 heteroatoms. The molecule has 0 saturated carbocycles. The molecular weight excluding hydrogens is 215 g/mol. The molecule has 1 aliphatic rings. The zero-order chi connectivity index (χ0) is 12.3. The average molecular weight is 236 g/mol. The fourth-order valence-electron chi connectivity index (χ4n) is 2.42. The molecule has 1 aliphatic heterocycles. The van der Waals surface area contributed by atoms with Crippen LogP contribution in [0.5, 0.6) is 0 Å². The van der Waals surface area contributed by atoms with E-state index in [4.69, 9.17) is 0 Å². The molecule has 0 aliphatic carbocycles. The van der Waals surface area contributed by atoms with Crippen LogP contribution in [0, 0.1) is 5.82 Å². The van der Waals surface area contributed by atoms with Gasteiger partial charge in [0.05, 0.1) is 0 Å². The summed E-state index contributed by atoms with van der Waals surface area (Å²) in [5.74, 6) is -0.160. The van der Waals surface area contributed by atoms with E-state index in [2.05, 4.69) is 24.1 Å². The third-order valence-corrected chi connectivity index (χ3v) is 3.45. The van der Waals surface area contributed by atoms with Crippen LogP contribution in [0.4, 0.5) is 4.39 Å². The third kappa shape index (κ3) is 3.27. The Labute approximate surface area is 103 Å². The van der Waals surface area contributed by atoms with Crippen molar-refractivity contribution in [3.8, 4) is 0 Å². The summed E-state index contributed by atoms with van der Waals surface area (Å²) >= 11 is 0. The van der Waals surface area contributed by atoms with E-state index in [-0.39, 0.29) is 11.2 Å². The monoisotopic (exact) mass is 236 g/mol. The van der Waals surface area contributed by atoms with Crippen molar-refractivity contribution in [2.75, 3.05) is 32.7 Å². The fourth-order valence-corrected chi connectivity index (χ4v) is 2.42. The molecule has 1 N–H and O–H groups in total. The first-order valence-corrected chi connectivity index (χ1v) is 6.27. The van der Waals surface area contributed by atoms with Crippen LogP contribution >= 0.6 is 0 Å². The molecule has 0 spiro atoms. The molecule has 1 aromatic carbocycles. The lowest BCUT2D eigenvalue weighted by Crippen LogP contribution is -2.47. The first kappa shape index (κ1) is 12.5. The lowest BCUT2D eigenvalue weighted by Gasteiger charge is -2.35. The van der Waals surface area contributed by atoms with Gasteiger partial charge in [-0.25, -0.2) is 4.39 Å². The summed E-state index contributed by atoms with van der Waals surface area (Å²) in [7, 11) is 0. The molecular formula is C14H21FN2. The highest BCUT2D eigenvalue weighted by Crippen LogP contribution is 2.24. The minimum atomic E-state index is -0.160. The van der Waals surface area contributed by atoms with E-state index >= 15 is 0 Å². The van der Waals surface area contributed by atoms with Crippen LogP contribution in [-0.2, 0) is 5.41 Å². The van der Waals surface area contributed by atoms with Gasteiger partial charge in [0.25, 0.3) is 0 Å². The van der Waals surface area contributed by atoms with Crippen LogP contribution in [0.3, 0.4) is 0 Å². The molecule has 2 rings (SSSR count). The molecule has 17 heavy (non-hydrogen) atoms. The van der Waals surface area contributed by atoms with Gasteiger partial charge < -0.3 is 5.32 Å². The zero-order valence-electron chi connectivity index (χ0n) is 10.7. The summed E-state index contributed by atoms with van der Waals surface area (Å²) in [4.78, 5) is 2.47. The van der Waals surface area contributed by atoms with Crippen LogP contribution in [-0.4, -0.2) is 37.6 Å². The van der Waals surface area contributed by atoms with Crippen molar-refractivity contribution in [3.63, 3.8) is 0 Å². The number of rotatable bonds is 3. The smallest absolute Gasteiger partial charge is 0.123 e. The Bertz CT molecular complexity index is 353. The number of hydrogen-bond acceptors (Lipinski definition) is 2. The second-order valence-electron chi connectivity index (χ2n) is 5.42. The molecule has 0 unspecified atom stereocenters. The lowest BCUT2D eigenvalue weighted by molar-refractivity contribution is 0.200. The highest BCUT2D eigenvalue weighted by molar-refractivity contribution is 5.24. The molecule has 0 aromatic heterocycles. The van der Waals surface area contributed by atoms with E-state index in [1.807, 2.05) is 12.1 Å². The Morgan fingerprint density at radius 1 is 1.18 bits per heavy atom. The summed E-state index contributed by atoms with van der Waals surface area (Å²) in [5, 5.41) is 3.36. The Kier molecular flexibility index (Phi) is 3.79. The van der Waals surface area contributed by atoms with Crippen LogP contribution < -0.4 is 5.32 Å². The summed E-state index contributed by atoms with van der Waals surface area (Å²) in [6.45, 7) is 9.82. The van der Waals surface area contributed by atoms with Crippen LogP contribution in [0.1, 0.15) is 19.4 Å². The number of piperazine rings is 1. The van der Waals surface area contributed by atoms with Gasteiger partial charge in [0, 0.05) is 38.1 Å². The highest BCUT2D eigenvalue weighted by atomic mass is 19.1. The summed E-state index contributed by atoms with van der Waals surface area (Å²) in [5.41, 5.74) is 1.28. The zero-order valence-corrected chi connectivity index (χ0v) is 10.7. The molecule has 1 fully saturated rings. The van der Waals surface area contributed by atoms with Gasteiger partial charge in [0.2, 0.25) is 0 Å². The van der Waals surface area contributed by atoms with Gasteiger partial charge in [0.15, 0.2) is 0 Å². The predicted octanol–water partition coefficient (Wildman–Crippen LogP) is 2.01. The molecule has 1 aromatic rings. The van der Waals surface area contributed by atoms with Gasteiger partial charge in [-0.2, -0.15) is 0 Å². The van der Waals surface area contributed by atoms with E-state index in [1.165, 1.54) is 5.56 Å². The van der Waals surface area contributed by atoms with Gasteiger partial charge in [-0.15, -0.1) is 0 Å². The van der Waals surface area contributed by atoms with Crippen molar-refractivity contribution < 1.29 is 4.39 Å². The summed E-state index contributed by atoms with van der Waals surface area (Å²) < 4.78 is 12.9. The van der Waals surface area contributed by atoms with Gasteiger partial charge in [-0.05, 0) is 17.7 Å². The van der Waals surface area contributed by atoms with Crippen LogP contribution in [0.25, 0.3) is 0 Å². The molecule has 2 nitrogen and oxygen atoms in total. The minimum absolute atomic E-state index is 0.0744. The third-order valence-electron chi connectivity index (χ3n) is 3.45. The van der Waals surface area contributed by atoms with Crippen molar-refractivity contribution in [3.05, 3.63) is 35.6 Å². The topological polar surface area (TPSA) is 15.3 Å². The SMILES string of the molecule is CC(C)(CN1CCNCC1)c1ccc(F)cc1. The molecule has 0 atom stereocenters. The summed E-state index contributed by atoms with van der Waals surface area (Å²) in [6, 6.07) is 6.90. The number of nitrogens with one attached hydrogen (secondary N) is 1. The average Bonchev–Trinajstić information content (AvgIpc) is 2.30. The van der Waals surface area contributed by atoms with Gasteiger partial charge >= 0.3 is 0 Å². The van der Waals surface area contributed by atoms with Crippen molar-refractivity contribution in [2.45, 2.75) is 19.3 Å². The van der Waals surface area contributed by atoms with E-state index in [0.717, 1.165) is 32.7 Å². The van der Waals surface area contributed by atoms with Gasteiger partial charge in [0.1, 0.15) is 5.82 Å². The Hall–Kier alpha value is -0.930. The van der Waals surface area contributed by atoms with Gasteiger partial charge in [-0.3, -0.25) is 4.90 Å². The number of benzene rings is 1. The summed E-state index contributed by atoms with van der Waals surface area (Å²) in [6.07, 6.45) is 0. The fraction of sp³-hybridized carbons (Fsp3) is 0.571. The Balaban J connectivity index is 2.04. The first-order chi connectivity index (χ1) is 8.08. The predicted molar refractivity (Wildman–Crippen MR) is 68.7 cm³/mol. The largest absolute Gasteiger partial charge is 0.314 e. The van der Waals surface area contributed by atoms with E-state index in [0.29, 0.717) is 0 Å². The Morgan fingerprint density at radius 3 is 2.35 bits per heavy atom. The van der Waals surface area contributed by atoms with Crippen LogP contribution in [0.2, 0.25) is 0 Å². The molecule has 1 saturated heterocycles. The number of hydrogen-bond donors (Lipinski definition) is 1. The lowest BCUT2D eigenvalue weighted by atomic mass is 9.84.